The third-order valence-electron chi connectivity index (χ3n) is 11.9. The maximum absolute atomic E-state index is 9.48. The molecule has 0 spiro atoms. The van der Waals surface area contributed by atoms with Crippen LogP contribution in [0.3, 0.4) is 0 Å². The van der Waals surface area contributed by atoms with Gasteiger partial charge in [-0.15, -0.1) is 0 Å². The van der Waals surface area contributed by atoms with E-state index in [0.717, 1.165) is 101 Å². The standard InChI is InChI=1S/C60H38N4O2/c61-39-41-21-29-49(30-22-41)63(47-17-9-3-10-18-47)51-33-25-45(26-34-51)59-57(43-13-5-1-6-14-43)53-37-56-54(38-55(53)65-59)58(44-15-7-2-8-16-44)60(66-56)46-27-35-52(36-28-46)64(48-19-11-4-12-20-48)50-31-23-42(40-62)24-32-50/h1-38H. The third kappa shape index (κ3) is 7.31. The van der Waals surface area contributed by atoms with Gasteiger partial charge in [-0.25, -0.2) is 0 Å². The molecule has 0 unspecified atom stereocenters. The van der Waals surface area contributed by atoms with Crippen LogP contribution < -0.4 is 9.80 Å². The van der Waals surface area contributed by atoms with E-state index in [2.05, 4.69) is 155 Å². The minimum absolute atomic E-state index is 0.612. The Labute approximate surface area is 382 Å². The van der Waals surface area contributed by atoms with Gasteiger partial charge in [-0.1, -0.05) is 97.1 Å². The molecule has 2 aromatic heterocycles. The number of benzene rings is 9. The van der Waals surface area contributed by atoms with Crippen molar-refractivity contribution in [2.75, 3.05) is 9.80 Å². The Morgan fingerprint density at radius 3 is 0.909 bits per heavy atom. The smallest absolute Gasteiger partial charge is 0.143 e. The van der Waals surface area contributed by atoms with E-state index in [0.29, 0.717) is 11.1 Å². The van der Waals surface area contributed by atoms with E-state index in [-0.39, 0.29) is 0 Å². The van der Waals surface area contributed by atoms with Gasteiger partial charge in [0, 0.05) is 67.2 Å². The molecule has 0 aliphatic carbocycles. The number of hydrogen-bond acceptors (Lipinski definition) is 6. The first-order valence-corrected chi connectivity index (χ1v) is 21.7. The SMILES string of the molecule is N#Cc1ccc(N(c2ccccc2)c2ccc(-c3oc4cc5c(-c6ccccc6)c(-c6ccc(N(c7ccccc7)c7ccc(C#N)cc7)cc6)oc5cc4c3-c3ccccc3)cc2)cc1. The van der Waals surface area contributed by atoms with Crippen LogP contribution in [0.4, 0.5) is 34.1 Å². The van der Waals surface area contributed by atoms with E-state index in [4.69, 9.17) is 8.83 Å². The maximum atomic E-state index is 9.48. The quantitative estimate of drug-likeness (QED) is 0.136. The van der Waals surface area contributed by atoms with E-state index in [1.807, 2.05) is 97.1 Å². The average Bonchev–Trinajstić information content (AvgIpc) is 3.96. The first-order valence-electron chi connectivity index (χ1n) is 21.7. The Morgan fingerprint density at radius 2 is 0.591 bits per heavy atom. The molecule has 11 rings (SSSR count). The Kier molecular flexibility index (Phi) is 10.2. The van der Waals surface area contributed by atoms with Gasteiger partial charge in [0.15, 0.2) is 0 Å². The van der Waals surface area contributed by atoms with Crippen LogP contribution in [-0.2, 0) is 0 Å². The number of anilines is 6. The number of hydrogen-bond donors (Lipinski definition) is 0. The summed E-state index contributed by atoms with van der Waals surface area (Å²) in [5.74, 6) is 1.53. The van der Waals surface area contributed by atoms with Gasteiger partial charge in [-0.3, -0.25) is 0 Å². The molecule has 6 nitrogen and oxygen atoms in total. The summed E-state index contributed by atoms with van der Waals surface area (Å²) in [4.78, 5) is 4.36. The highest BCUT2D eigenvalue weighted by molar-refractivity contribution is 6.11. The molecule has 66 heavy (non-hydrogen) atoms. The molecule has 0 fully saturated rings. The Hall–Kier alpha value is -9.36. The molecule has 6 heteroatoms. The number of furan rings is 2. The topological polar surface area (TPSA) is 80.3 Å². The molecule has 0 saturated heterocycles. The highest BCUT2D eigenvalue weighted by Crippen LogP contribution is 2.48. The monoisotopic (exact) mass is 846 g/mol. The first kappa shape index (κ1) is 39.5. The molecule has 0 amide bonds. The van der Waals surface area contributed by atoms with Crippen LogP contribution in [0.1, 0.15) is 11.1 Å². The zero-order valence-corrected chi connectivity index (χ0v) is 35.5. The van der Waals surface area contributed by atoms with Crippen molar-refractivity contribution in [3.63, 3.8) is 0 Å². The molecule has 0 aliphatic rings. The molecule has 0 aliphatic heterocycles. The van der Waals surface area contributed by atoms with Crippen molar-refractivity contribution in [2.45, 2.75) is 0 Å². The predicted molar refractivity (Wildman–Crippen MR) is 267 cm³/mol. The fourth-order valence-electron chi connectivity index (χ4n) is 8.82. The molecule has 0 saturated carbocycles. The van der Waals surface area contributed by atoms with Crippen LogP contribution in [0.5, 0.6) is 0 Å². The van der Waals surface area contributed by atoms with E-state index in [1.54, 1.807) is 0 Å². The van der Waals surface area contributed by atoms with Crippen molar-refractivity contribution < 1.29 is 8.83 Å². The molecule has 0 bridgehead atoms. The average molecular weight is 847 g/mol. The predicted octanol–water partition coefficient (Wildman–Crippen LogP) is 16.5. The summed E-state index contributed by atoms with van der Waals surface area (Å²) >= 11 is 0. The van der Waals surface area contributed by atoms with Crippen LogP contribution >= 0.6 is 0 Å². The second-order valence-electron chi connectivity index (χ2n) is 15.9. The zero-order chi connectivity index (χ0) is 44.4. The third-order valence-corrected chi connectivity index (χ3v) is 11.9. The lowest BCUT2D eigenvalue weighted by molar-refractivity contribution is 0.628. The lowest BCUT2D eigenvalue weighted by Crippen LogP contribution is -2.09. The molecule has 0 radical (unpaired) electrons. The van der Waals surface area contributed by atoms with Crippen LogP contribution in [0.2, 0.25) is 0 Å². The molecule has 9 aromatic carbocycles. The molecule has 2 heterocycles. The van der Waals surface area contributed by atoms with Crippen molar-refractivity contribution in [1.82, 2.24) is 0 Å². The Balaban J connectivity index is 1.03. The highest BCUT2D eigenvalue weighted by Gasteiger charge is 2.24. The van der Waals surface area contributed by atoms with Crippen LogP contribution in [0.25, 0.3) is 66.8 Å². The largest absolute Gasteiger partial charge is 0.455 e. The normalized spacial score (nSPS) is 11.0. The molecular weight excluding hydrogens is 809 g/mol. The van der Waals surface area contributed by atoms with Crippen LogP contribution in [-0.4, -0.2) is 0 Å². The van der Waals surface area contributed by atoms with Crippen molar-refractivity contribution in [2.24, 2.45) is 0 Å². The summed E-state index contributed by atoms with van der Waals surface area (Å²) in [5.41, 5.74) is 14.5. The van der Waals surface area contributed by atoms with Gasteiger partial charge in [0.25, 0.3) is 0 Å². The molecule has 0 atom stereocenters. The lowest BCUT2D eigenvalue weighted by Gasteiger charge is -2.25. The molecule has 0 N–H and O–H groups in total. The van der Waals surface area contributed by atoms with E-state index in [9.17, 15) is 10.5 Å². The summed E-state index contributed by atoms with van der Waals surface area (Å²) in [7, 11) is 0. The highest BCUT2D eigenvalue weighted by atomic mass is 16.3. The fraction of sp³-hybridized carbons (Fsp3) is 0. The summed E-state index contributed by atoms with van der Waals surface area (Å²) in [6.07, 6.45) is 0. The minimum Gasteiger partial charge on any atom is -0.455 e. The fourth-order valence-corrected chi connectivity index (χ4v) is 8.82. The number of para-hydroxylation sites is 2. The second-order valence-corrected chi connectivity index (χ2v) is 15.9. The number of rotatable bonds is 10. The summed E-state index contributed by atoms with van der Waals surface area (Å²) in [6, 6.07) is 82.1. The van der Waals surface area contributed by atoms with Gasteiger partial charge in [0.1, 0.15) is 22.7 Å². The number of nitrogens with zero attached hydrogens (tertiary/aromatic N) is 4. The van der Waals surface area contributed by atoms with Gasteiger partial charge in [0.2, 0.25) is 0 Å². The summed E-state index contributed by atoms with van der Waals surface area (Å²) in [5, 5.41) is 20.9. The maximum Gasteiger partial charge on any atom is 0.143 e. The van der Waals surface area contributed by atoms with Gasteiger partial charge < -0.3 is 18.6 Å². The van der Waals surface area contributed by atoms with E-state index >= 15 is 0 Å². The van der Waals surface area contributed by atoms with Crippen molar-refractivity contribution in [3.8, 4) is 57.0 Å². The van der Waals surface area contributed by atoms with Gasteiger partial charge in [-0.2, -0.15) is 10.5 Å². The molecule has 11 aromatic rings. The van der Waals surface area contributed by atoms with Crippen molar-refractivity contribution >= 4 is 56.1 Å². The molecular formula is C60H38N4O2. The van der Waals surface area contributed by atoms with Gasteiger partial charge >= 0.3 is 0 Å². The van der Waals surface area contributed by atoms with E-state index in [1.165, 1.54) is 0 Å². The van der Waals surface area contributed by atoms with Crippen LogP contribution in [0, 0.1) is 22.7 Å². The second kappa shape index (κ2) is 17.1. The first-order chi connectivity index (χ1) is 32.6. The van der Waals surface area contributed by atoms with Crippen molar-refractivity contribution in [3.05, 3.63) is 242 Å². The molecule has 310 valence electrons. The minimum atomic E-state index is 0.612. The van der Waals surface area contributed by atoms with Gasteiger partial charge in [-0.05, 0) is 145 Å². The number of nitriles is 2. The van der Waals surface area contributed by atoms with Crippen molar-refractivity contribution in [1.29, 1.82) is 10.5 Å². The summed E-state index contributed by atoms with van der Waals surface area (Å²) in [6.45, 7) is 0. The lowest BCUT2D eigenvalue weighted by atomic mass is 9.96. The Bertz CT molecular complexity index is 3310. The number of fused-ring (bicyclic) bond motifs is 2. The summed E-state index contributed by atoms with van der Waals surface area (Å²) < 4.78 is 14.0. The van der Waals surface area contributed by atoms with E-state index < -0.39 is 0 Å². The van der Waals surface area contributed by atoms with Crippen LogP contribution in [0.15, 0.2) is 239 Å². The Morgan fingerprint density at radius 1 is 0.303 bits per heavy atom. The zero-order valence-electron chi connectivity index (χ0n) is 35.5. The van der Waals surface area contributed by atoms with Gasteiger partial charge in [0.05, 0.1) is 23.3 Å².